The molecule has 6 nitrogen and oxygen atoms in total. The number of nitrogens with one attached hydrogen (secondary N) is 2. The summed E-state index contributed by atoms with van der Waals surface area (Å²) in [6.07, 6.45) is 4.95. The topological polar surface area (TPSA) is 70.7 Å². The molecule has 2 unspecified atom stereocenters. The van der Waals surface area contributed by atoms with Crippen LogP contribution in [-0.2, 0) is 14.3 Å². The molecule has 170 valence electrons. The van der Waals surface area contributed by atoms with Gasteiger partial charge >= 0.3 is 0 Å². The standard InChI is InChI=1S/C23H32ClN3O3S/c1-4-27(5-2)14-13-25-22(29)21-17-19(24)11-12-23(21,26-18(3)28)30-15-16-31-20-9-7-6-8-10-20/h6-12,17,21H,4-5,13-16H2,1-3H3,(H,25,29)(H,26,28). The number of halogens is 1. The summed E-state index contributed by atoms with van der Waals surface area (Å²) in [6.45, 7) is 9.02. The molecule has 2 rings (SSSR count). The molecule has 1 aliphatic rings. The predicted molar refractivity (Wildman–Crippen MR) is 127 cm³/mol. The summed E-state index contributed by atoms with van der Waals surface area (Å²) in [7, 11) is 0. The Kier molecular flexibility index (Phi) is 10.6. The third kappa shape index (κ3) is 8.00. The molecular weight excluding hydrogens is 434 g/mol. The van der Waals surface area contributed by atoms with Crippen LogP contribution in [0.2, 0.25) is 0 Å². The van der Waals surface area contributed by atoms with E-state index in [1.807, 2.05) is 30.3 Å². The highest BCUT2D eigenvalue weighted by Gasteiger charge is 2.43. The fourth-order valence-electron chi connectivity index (χ4n) is 3.36. The number of allylic oxidation sites excluding steroid dienone is 2. The summed E-state index contributed by atoms with van der Waals surface area (Å²) < 4.78 is 6.14. The Morgan fingerprint density at radius 2 is 1.94 bits per heavy atom. The number of nitrogens with zero attached hydrogens (tertiary/aromatic N) is 1. The highest BCUT2D eigenvalue weighted by Crippen LogP contribution is 2.31. The Labute approximate surface area is 194 Å². The van der Waals surface area contributed by atoms with Crippen molar-refractivity contribution < 1.29 is 14.3 Å². The molecule has 2 atom stereocenters. The van der Waals surface area contributed by atoms with Crippen LogP contribution in [0.1, 0.15) is 20.8 Å². The average Bonchev–Trinajstić information content (AvgIpc) is 2.76. The molecule has 0 radical (unpaired) electrons. The smallest absolute Gasteiger partial charge is 0.232 e. The number of thioether (sulfide) groups is 1. The van der Waals surface area contributed by atoms with Gasteiger partial charge < -0.3 is 20.3 Å². The first-order valence-corrected chi connectivity index (χ1v) is 11.9. The van der Waals surface area contributed by atoms with Crippen LogP contribution in [0.3, 0.4) is 0 Å². The molecule has 31 heavy (non-hydrogen) atoms. The maximum Gasteiger partial charge on any atom is 0.232 e. The Balaban J connectivity index is 2.06. The van der Waals surface area contributed by atoms with E-state index in [0.29, 0.717) is 23.9 Å². The van der Waals surface area contributed by atoms with Crippen molar-refractivity contribution in [3.05, 3.63) is 53.6 Å². The van der Waals surface area contributed by atoms with Crippen LogP contribution in [0.5, 0.6) is 0 Å². The number of benzene rings is 1. The highest BCUT2D eigenvalue weighted by molar-refractivity contribution is 7.99. The third-order valence-corrected chi connectivity index (χ3v) is 6.22. The highest BCUT2D eigenvalue weighted by atomic mass is 35.5. The molecule has 0 saturated heterocycles. The summed E-state index contributed by atoms with van der Waals surface area (Å²) >= 11 is 7.85. The Morgan fingerprint density at radius 1 is 1.23 bits per heavy atom. The molecule has 0 bridgehead atoms. The molecule has 0 fully saturated rings. The van der Waals surface area contributed by atoms with Crippen molar-refractivity contribution in [3.63, 3.8) is 0 Å². The van der Waals surface area contributed by atoms with Crippen LogP contribution in [-0.4, -0.2) is 61.0 Å². The maximum atomic E-state index is 13.0. The van der Waals surface area contributed by atoms with E-state index in [-0.39, 0.29) is 11.8 Å². The average molecular weight is 466 g/mol. The zero-order valence-corrected chi connectivity index (χ0v) is 20.0. The SMILES string of the molecule is CCN(CC)CCNC(=O)C1C=C(Cl)C=CC1(NC(C)=O)OCCSc1ccccc1. The number of carbonyl (C=O) groups is 2. The zero-order chi connectivity index (χ0) is 22.7. The second-order valence-electron chi connectivity index (χ2n) is 7.16. The first-order chi connectivity index (χ1) is 14.9. The number of rotatable bonds is 12. The number of hydrogen-bond donors (Lipinski definition) is 2. The normalized spacial score (nSPS) is 20.4. The number of hydrogen-bond acceptors (Lipinski definition) is 5. The van der Waals surface area contributed by atoms with Gasteiger partial charge in [0.05, 0.1) is 6.61 Å². The van der Waals surface area contributed by atoms with Crippen molar-refractivity contribution in [2.24, 2.45) is 5.92 Å². The fraction of sp³-hybridized carbons (Fsp3) is 0.478. The minimum Gasteiger partial charge on any atom is -0.354 e. The first-order valence-electron chi connectivity index (χ1n) is 10.6. The van der Waals surface area contributed by atoms with E-state index in [1.54, 1.807) is 30.0 Å². The molecule has 0 aliphatic heterocycles. The van der Waals surface area contributed by atoms with Gasteiger partial charge in [0.1, 0.15) is 5.92 Å². The van der Waals surface area contributed by atoms with E-state index in [9.17, 15) is 9.59 Å². The van der Waals surface area contributed by atoms with Crippen molar-refractivity contribution in [1.29, 1.82) is 0 Å². The van der Waals surface area contributed by atoms with Gasteiger partial charge in [-0.25, -0.2) is 0 Å². The molecule has 8 heteroatoms. The van der Waals surface area contributed by atoms with E-state index in [2.05, 4.69) is 29.4 Å². The van der Waals surface area contributed by atoms with Crippen molar-refractivity contribution in [1.82, 2.24) is 15.5 Å². The zero-order valence-electron chi connectivity index (χ0n) is 18.4. The lowest BCUT2D eigenvalue weighted by Gasteiger charge is -2.38. The van der Waals surface area contributed by atoms with Crippen LogP contribution in [0, 0.1) is 5.92 Å². The Morgan fingerprint density at radius 3 is 2.58 bits per heavy atom. The van der Waals surface area contributed by atoms with E-state index >= 15 is 0 Å². The number of amides is 2. The second-order valence-corrected chi connectivity index (χ2v) is 8.77. The van der Waals surface area contributed by atoms with Crippen LogP contribution >= 0.6 is 23.4 Å². The molecule has 0 heterocycles. The molecular formula is C23H32ClN3O3S. The van der Waals surface area contributed by atoms with Gasteiger partial charge in [-0.05, 0) is 43.5 Å². The molecule has 2 amide bonds. The number of ether oxygens (including phenoxy) is 1. The van der Waals surface area contributed by atoms with Gasteiger partial charge in [-0.15, -0.1) is 11.8 Å². The van der Waals surface area contributed by atoms with Gasteiger partial charge in [0.2, 0.25) is 11.8 Å². The lowest BCUT2D eigenvalue weighted by atomic mass is 9.89. The molecule has 0 saturated carbocycles. The minimum atomic E-state index is -1.28. The Hall–Kier alpha value is -1.80. The molecule has 0 aromatic heterocycles. The minimum absolute atomic E-state index is 0.237. The molecule has 0 spiro atoms. The largest absolute Gasteiger partial charge is 0.354 e. The van der Waals surface area contributed by atoms with Gasteiger partial charge in [-0.2, -0.15) is 0 Å². The number of carbonyl (C=O) groups excluding carboxylic acids is 2. The molecule has 1 aromatic rings. The van der Waals surface area contributed by atoms with Crippen LogP contribution in [0.4, 0.5) is 0 Å². The molecule has 2 N–H and O–H groups in total. The van der Waals surface area contributed by atoms with E-state index in [4.69, 9.17) is 16.3 Å². The van der Waals surface area contributed by atoms with Gasteiger partial charge in [-0.3, -0.25) is 9.59 Å². The summed E-state index contributed by atoms with van der Waals surface area (Å²) in [5.74, 6) is -0.619. The summed E-state index contributed by atoms with van der Waals surface area (Å²) in [4.78, 5) is 28.4. The van der Waals surface area contributed by atoms with Crippen LogP contribution in [0.25, 0.3) is 0 Å². The molecule has 1 aromatic carbocycles. The van der Waals surface area contributed by atoms with Gasteiger partial charge in [0.15, 0.2) is 5.72 Å². The maximum absolute atomic E-state index is 13.0. The van der Waals surface area contributed by atoms with Crippen LogP contribution in [0.15, 0.2) is 58.5 Å². The first kappa shape index (κ1) is 25.5. The second kappa shape index (κ2) is 12.9. The fourth-order valence-corrected chi connectivity index (χ4v) is 4.30. The van der Waals surface area contributed by atoms with Crippen molar-refractivity contribution in [2.75, 3.05) is 38.5 Å². The predicted octanol–water partition coefficient (Wildman–Crippen LogP) is 3.39. The summed E-state index contributed by atoms with van der Waals surface area (Å²) in [5.41, 5.74) is -1.28. The van der Waals surface area contributed by atoms with Crippen LogP contribution < -0.4 is 10.6 Å². The molecule has 1 aliphatic carbocycles. The quantitative estimate of drug-likeness (QED) is 0.281. The third-order valence-electron chi connectivity index (χ3n) is 4.99. The monoisotopic (exact) mass is 465 g/mol. The Bertz CT molecular complexity index is 784. The lowest BCUT2D eigenvalue weighted by molar-refractivity contribution is -0.141. The van der Waals surface area contributed by atoms with Gasteiger partial charge in [0, 0.05) is 35.7 Å². The summed E-state index contributed by atoms with van der Waals surface area (Å²) in [5, 5.41) is 6.23. The summed E-state index contributed by atoms with van der Waals surface area (Å²) in [6, 6.07) is 10.00. The number of likely N-dealkylation sites (N-methyl/N-ethyl adjacent to an activating group) is 1. The van der Waals surface area contributed by atoms with E-state index in [0.717, 1.165) is 24.5 Å². The van der Waals surface area contributed by atoms with E-state index < -0.39 is 11.6 Å². The van der Waals surface area contributed by atoms with Gasteiger partial charge in [-0.1, -0.05) is 43.6 Å². The van der Waals surface area contributed by atoms with Gasteiger partial charge in [0.25, 0.3) is 0 Å². The lowest BCUT2D eigenvalue weighted by Crippen LogP contribution is -2.59. The van der Waals surface area contributed by atoms with Crippen molar-refractivity contribution in [2.45, 2.75) is 31.4 Å². The van der Waals surface area contributed by atoms with Crippen molar-refractivity contribution >= 4 is 35.2 Å². The van der Waals surface area contributed by atoms with Crippen molar-refractivity contribution in [3.8, 4) is 0 Å². The van der Waals surface area contributed by atoms with E-state index in [1.165, 1.54) is 6.92 Å².